The van der Waals surface area contributed by atoms with Crippen LogP contribution in [0.4, 0.5) is 4.39 Å². The van der Waals surface area contributed by atoms with Gasteiger partial charge in [0.25, 0.3) is 0 Å². The highest BCUT2D eigenvalue weighted by atomic mass is 32.2. The third-order valence-electron chi connectivity index (χ3n) is 3.40. The van der Waals surface area contributed by atoms with Crippen LogP contribution in [0.15, 0.2) is 48.5 Å². The number of hydrogen-bond donors (Lipinski definition) is 1. The predicted octanol–water partition coefficient (Wildman–Crippen LogP) is 3.95. The Bertz CT molecular complexity index is 661. The molecule has 0 fully saturated rings. The molecule has 0 aliphatic rings. The van der Waals surface area contributed by atoms with Crippen molar-refractivity contribution >= 4 is 17.7 Å². The second-order valence-electron chi connectivity index (χ2n) is 5.66. The number of benzene rings is 2. The highest BCUT2D eigenvalue weighted by Gasteiger charge is 2.09. The molecule has 2 aromatic carbocycles. The van der Waals surface area contributed by atoms with E-state index in [-0.39, 0.29) is 17.8 Å². The maximum absolute atomic E-state index is 12.8. The molecule has 0 bridgehead atoms. The van der Waals surface area contributed by atoms with Gasteiger partial charge in [0.1, 0.15) is 18.2 Å². The molecule has 1 amide bonds. The number of nitrogens with one attached hydrogen (secondary N) is 1. The molecule has 2 rings (SSSR count). The standard InChI is InChI=1S/C19H22FNO2S/c1-14-5-3-4-6-18(14)23-11-15(2)21-19(22)13-24-12-16-7-9-17(20)10-8-16/h3-10,15H,11-13H2,1-2H3,(H,21,22)/t15-/m0/s1. The van der Waals surface area contributed by atoms with Gasteiger partial charge in [-0.3, -0.25) is 4.79 Å². The molecule has 0 unspecified atom stereocenters. The molecule has 1 atom stereocenters. The molecule has 0 aliphatic heterocycles. The van der Waals surface area contributed by atoms with Crippen molar-refractivity contribution in [3.8, 4) is 5.75 Å². The van der Waals surface area contributed by atoms with Crippen molar-refractivity contribution in [2.24, 2.45) is 0 Å². The van der Waals surface area contributed by atoms with Gasteiger partial charge in [0.2, 0.25) is 5.91 Å². The monoisotopic (exact) mass is 347 g/mol. The number of carbonyl (C=O) groups excluding carboxylic acids is 1. The third kappa shape index (κ3) is 6.24. The van der Waals surface area contributed by atoms with Gasteiger partial charge in [0.15, 0.2) is 0 Å². The highest BCUT2D eigenvalue weighted by Crippen LogP contribution is 2.16. The van der Waals surface area contributed by atoms with E-state index in [1.54, 1.807) is 12.1 Å². The summed E-state index contributed by atoms with van der Waals surface area (Å²) in [4.78, 5) is 11.9. The lowest BCUT2D eigenvalue weighted by Gasteiger charge is -2.16. The van der Waals surface area contributed by atoms with Crippen LogP contribution in [-0.2, 0) is 10.5 Å². The van der Waals surface area contributed by atoms with E-state index in [0.717, 1.165) is 16.9 Å². The summed E-state index contributed by atoms with van der Waals surface area (Å²) in [5.74, 6) is 1.62. The molecule has 0 heterocycles. The van der Waals surface area contributed by atoms with Crippen LogP contribution in [0.1, 0.15) is 18.1 Å². The van der Waals surface area contributed by atoms with Crippen LogP contribution in [0.2, 0.25) is 0 Å². The molecule has 24 heavy (non-hydrogen) atoms. The zero-order valence-electron chi connectivity index (χ0n) is 13.9. The molecule has 0 aliphatic carbocycles. The predicted molar refractivity (Wildman–Crippen MR) is 96.8 cm³/mol. The molecule has 0 saturated carbocycles. The zero-order valence-corrected chi connectivity index (χ0v) is 14.7. The lowest BCUT2D eigenvalue weighted by atomic mass is 10.2. The minimum Gasteiger partial charge on any atom is -0.491 e. The van der Waals surface area contributed by atoms with Crippen molar-refractivity contribution in [2.45, 2.75) is 25.6 Å². The number of amides is 1. The summed E-state index contributed by atoms with van der Waals surface area (Å²) in [6.07, 6.45) is 0. The van der Waals surface area contributed by atoms with E-state index in [9.17, 15) is 9.18 Å². The largest absolute Gasteiger partial charge is 0.491 e. The lowest BCUT2D eigenvalue weighted by molar-refractivity contribution is -0.119. The van der Waals surface area contributed by atoms with Crippen molar-refractivity contribution in [2.75, 3.05) is 12.4 Å². The number of thioether (sulfide) groups is 1. The van der Waals surface area contributed by atoms with Gasteiger partial charge in [-0.05, 0) is 43.2 Å². The van der Waals surface area contributed by atoms with Crippen LogP contribution in [0.25, 0.3) is 0 Å². The molecule has 0 radical (unpaired) electrons. The molecule has 0 spiro atoms. The molecule has 1 N–H and O–H groups in total. The van der Waals surface area contributed by atoms with Crippen LogP contribution in [0, 0.1) is 12.7 Å². The topological polar surface area (TPSA) is 38.3 Å². The number of halogens is 1. The van der Waals surface area contributed by atoms with Gasteiger partial charge >= 0.3 is 0 Å². The van der Waals surface area contributed by atoms with Crippen molar-refractivity contribution in [3.63, 3.8) is 0 Å². The Morgan fingerprint density at radius 3 is 2.62 bits per heavy atom. The van der Waals surface area contributed by atoms with Crippen LogP contribution in [0.3, 0.4) is 0 Å². The number of aryl methyl sites for hydroxylation is 1. The van der Waals surface area contributed by atoms with Gasteiger partial charge in [0, 0.05) is 5.75 Å². The molecule has 3 nitrogen and oxygen atoms in total. The Hall–Kier alpha value is -2.01. The molecule has 0 saturated heterocycles. The Morgan fingerprint density at radius 1 is 1.21 bits per heavy atom. The van der Waals surface area contributed by atoms with E-state index in [2.05, 4.69) is 5.32 Å². The fourth-order valence-corrected chi connectivity index (χ4v) is 2.93. The molecular formula is C19H22FNO2S. The molecule has 2 aromatic rings. The van der Waals surface area contributed by atoms with E-state index in [4.69, 9.17) is 4.74 Å². The molecular weight excluding hydrogens is 325 g/mol. The molecule has 0 aromatic heterocycles. The van der Waals surface area contributed by atoms with Crippen LogP contribution >= 0.6 is 11.8 Å². The van der Waals surface area contributed by atoms with E-state index >= 15 is 0 Å². The van der Waals surface area contributed by atoms with Crippen molar-refractivity contribution < 1.29 is 13.9 Å². The maximum atomic E-state index is 12.8. The van der Waals surface area contributed by atoms with E-state index in [0.29, 0.717) is 18.1 Å². The van der Waals surface area contributed by atoms with E-state index in [1.165, 1.54) is 23.9 Å². The zero-order chi connectivity index (χ0) is 17.4. The number of rotatable bonds is 8. The summed E-state index contributed by atoms with van der Waals surface area (Å²) in [6, 6.07) is 14.1. The first-order chi connectivity index (χ1) is 11.5. The van der Waals surface area contributed by atoms with Gasteiger partial charge in [0.05, 0.1) is 11.8 Å². The van der Waals surface area contributed by atoms with Gasteiger partial charge in [-0.1, -0.05) is 30.3 Å². The van der Waals surface area contributed by atoms with Crippen LogP contribution in [-0.4, -0.2) is 24.3 Å². The number of carbonyl (C=O) groups is 1. The lowest BCUT2D eigenvalue weighted by Crippen LogP contribution is -2.37. The van der Waals surface area contributed by atoms with Crippen molar-refractivity contribution in [3.05, 3.63) is 65.5 Å². The number of para-hydroxylation sites is 1. The van der Waals surface area contributed by atoms with Crippen molar-refractivity contribution in [1.29, 1.82) is 0 Å². The van der Waals surface area contributed by atoms with Gasteiger partial charge in [-0.2, -0.15) is 0 Å². The minimum absolute atomic E-state index is 0.0250. The smallest absolute Gasteiger partial charge is 0.230 e. The number of ether oxygens (including phenoxy) is 1. The summed E-state index contributed by atoms with van der Waals surface area (Å²) in [5.41, 5.74) is 2.08. The maximum Gasteiger partial charge on any atom is 0.230 e. The Kier molecular flexibility index (Phi) is 7.12. The van der Waals surface area contributed by atoms with Crippen molar-refractivity contribution in [1.82, 2.24) is 5.32 Å². The summed E-state index contributed by atoms with van der Waals surface area (Å²) in [6.45, 7) is 4.34. The fraction of sp³-hybridized carbons (Fsp3) is 0.316. The van der Waals surface area contributed by atoms with Gasteiger partial charge in [-0.15, -0.1) is 11.8 Å². The van der Waals surface area contributed by atoms with E-state index in [1.807, 2.05) is 38.1 Å². The molecule has 5 heteroatoms. The first-order valence-corrected chi connectivity index (χ1v) is 9.00. The summed E-state index contributed by atoms with van der Waals surface area (Å²) in [5, 5.41) is 2.92. The minimum atomic E-state index is -0.246. The second-order valence-corrected chi connectivity index (χ2v) is 6.65. The first-order valence-electron chi connectivity index (χ1n) is 7.84. The fourth-order valence-electron chi connectivity index (χ4n) is 2.13. The summed E-state index contributed by atoms with van der Waals surface area (Å²) >= 11 is 1.50. The van der Waals surface area contributed by atoms with Gasteiger partial charge < -0.3 is 10.1 Å². The quantitative estimate of drug-likeness (QED) is 0.786. The summed E-state index contributed by atoms with van der Waals surface area (Å²) in [7, 11) is 0. The third-order valence-corrected chi connectivity index (χ3v) is 4.41. The first kappa shape index (κ1) is 18.3. The SMILES string of the molecule is Cc1ccccc1OC[C@H](C)NC(=O)CSCc1ccc(F)cc1. The highest BCUT2D eigenvalue weighted by molar-refractivity contribution is 7.99. The van der Waals surface area contributed by atoms with E-state index < -0.39 is 0 Å². The average molecular weight is 347 g/mol. The normalized spacial score (nSPS) is 11.8. The van der Waals surface area contributed by atoms with Crippen LogP contribution in [0.5, 0.6) is 5.75 Å². The summed E-state index contributed by atoms with van der Waals surface area (Å²) < 4.78 is 18.5. The Labute approximate surface area is 146 Å². The Morgan fingerprint density at radius 2 is 1.92 bits per heavy atom. The van der Waals surface area contributed by atoms with Crippen LogP contribution < -0.4 is 10.1 Å². The second kappa shape index (κ2) is 9.33. The molecule has 128 valence electrons. The van der Waals surface area contributed by atoms with Gasteiger partial charge in [-0.25, -0.2) is 4.39 Å². The average Bonchev–Trinajstić information content (AvgIpc) is 2.56. The number of hydrogen-bond acceptors (Lipinski definition) is 3. The Balaban J connectivity index is 1.66.